The molecule has 1 saturated carbocycles. The predicted molar refractivity (Wildman–Crippen MR) is 86.5 cm³/mol. The molecule has 2 aromatic heterocycles. The second-order valence-corrected chi connectivity index (χ2v) is 7.41. The van der Waals surface area contributed by atoms with Gasteiger partial charge in [0.15, 0.2) is 17.9 Å². The van der Waals surface area contributed by atoms with Crippen LogP contribution in [0, 0.1) is 5.41 Å². The summed E-state index contributed by atoms with van der Waals surface area (Å²) in [4.78, 5) is 23.3. The summed E-state index contributed by atoms with van der Waals surface area (Å²) in [6, 6.07) is 0. The molecular weight excluding hydrogens is 306 g/mol. The lowest BCUT2D eigenvalue weighted by molar-refractivity contribution is 0.0767. The van der Waals surface area contributed by atoms with E-state index >= 15 is 0 Å². The Morgan fingerprint density at radius 2 is 2.21 bits per heavy atom. The summed E-state index contributed by atoms with van der Waals surface area (Å²) in [5.41, 5.74) is 0.497. The molecule has 0 radical (unpaired) electrons. The van der Waals surface area contributed by atoms with E-state index in [1.54, 1.807) is 0 Å². The minimum absolute atomic E-state index is 0.0545. The third-order valence-electron chi connectivity index (χ3n) is 5.55. The molecule has 1 aliphatic heterocycles. The molecule has 3 heterocycles. The van der Waals surface area contributed by atoms with E-state index in [-0.39, 0.29) is 17.2 Å². The van der Waals surface area contributed by atoms with Gasteiger partial charge in [0.2, 0.25) is 0 Å². The average Bonchev–Trinajstić information content (AvgIpc) is 3.36. The van der Waals surface area contributed by atoms with Crippen LogP contribution >= 0.6 is 0 Å². The minimum atomic E-state index is -0.0545. The maximum atomic E-state index is 12.7. The Morgan fingerprint density at radius 1 is 1.42 bits per heavy atom. The van der Waals surface area contributed by atoms with Crippen molar-refractivity contribution < 1.29 is 9.21 Å². The summed E-state index contributed by atoms with van der Waals surface area (Å²) < 4.78 is 4.97. The van der Waals surface area contributed by atoms with E-state index in [1.807, 2.05) is 4.90 Å². The molecule has 1 N–H and O–H groups in total. The quantitative estimate of drug-likeness (QED) is 0.935. The largest absolute Gasteiger partial charge is 0.451 e. The normalized spacial score (nSPS) is 22.8. The van der Waals surface area contributed by atoms with Gasteiger partial charge < -0.3 is 9.32 Å². The monoisotopic (exact) mass is 329 g/mol. The fourth-order valence-corrected chi connectivity index (χ4v) is 4.27. The van der Waals surface area contributed by atoms with Crippen molar-refractivity contribution in [3.63, 3.8) is 0 Å². The maximum Gasteiger partial charge on any atom is 0.275 e. The fraction of sp³-hybridized carbons (Fsp3) is 0.647. The van der Waals surface area contributed by atoms with Crippen LogP contribution in [0.5, 0.6) is 0 Å². The summed E-state index contributed by atoms with van der Waals surface area (Å²) in [6.45, 7) is 5.61. The highest BCUT2D eigenvalue weighted by molar-refractivity contribution is 5.92. The molecule has 24 heavy (non-hydrogen) atoms. The summed E-state index contributed by atoms with van der Waals surface area (Å²) in [6.07, 6.45) is 7.43. The SMILES string of the molecule is CC(C)c1n[nH]c(C2CN(C(=O)c3cocn3)CC23CCCC3)n1. The molecule has 7 heteroatoms. The number of rotatable bonds is 3. The van der Waals surface area contributed by atoms with Crippen LogP contribution in [0.2, 0.25) is 0 Å². The Hall–Kier alpha value is -2.18. The Labute approximate surface area is 140 Å². The van der Waals surface area contributed by atoms with E-state index in [0.29, 0.717) is 18.2 Å². The zero-order chi connectivity index (χ0) is 16.7. The number of H-pyrrole nitrogens is 1. The van der Waals surface area contributed by atoms with E-state index in [4.69, 9.17) is 9.40 Å². The molecule has 4 rings (SSSR count). The second kappa shape index (κ2) is 5.72. The van der Waals surface area contributed by atoms with Crippen LogP contribution in [0.3, 0.4) is 0 Å². The van der Waals surface area contributed by atoms with Crippen molar-refractivity contribution in [2.45, 2.75) is 51.4 Å². The van der Waals surface area contributed by atoms with Crippen molar-refractivity contribution in [3.8, 4) is 0 Å². The molecule has 1 unspecified atom stereocenters. The van der Waals surface area contributed by atoms with Crippen LogP contribution in [0.15, 0.2) is 17.1 Å². The molecule has 2 fully saturated rings. The first-order chi connectivity index (χ1) is 11.6. The summed E-state index contributed by atoms with van der Waals surface area (Å²) in [5, 5.41) is 7.51. The number of amides is 1. The highest BCUT2D eigenvalue weighted by Crippen LogP contribution is 2.52. The van der Waals surface area contributed by atoms with Crippen LogP contribution in [-0.2, 0) is 0 Å². The van der Waals surface area contributed by atoms with Crippen molar-refractivity contribution in [1.82, 2.24) is 25.1 Å². The van der Waals surface area contributed by atoms with Crippen LogP contribution in [0.25, 0.3) is 0 Å². The fourth-order valence-electron chi connectivity index (χ4n) is 4.27. The van der Waals surface area contributed by atoms with Crippen LogP contribution < -0.4 is 0 Å². The highest BCUT2D eigenvalue weighted by atomic mass is 16.3. The number of hydrogen-bond acceptors (Lipinski definition) is 5. The molecule has 1 atom stereocenters. The van der Waals surface area contributed by atoms with Gasteiger partial charge in [-0.1, -0.05) is 26.7 Å². The first-order valence-corrected chi connectivity index (χ1v) is 8.69. The molecule has 1 aliphatic carbocycles. The molecule has 2 aromatic rings. The summed E-state index contributed by atoms with van der Waals surface area (Å²) in [7, 11) is 0. The first kappa shape index (κ1) is 15.4. The number of aromatic amines is 1. The van der Waals surface area contributed by atoms with Gasteiger partial charge in [-0.05, 0) is 18.3 Å². The Balaban J connectivity index is 1.63. The Kier molecular flexibility index (Phi) is 3.66. The molecule has 128 valence electrons. The van der Waals surface area contributed by atoms with Crippen molar-refractivity contribution >= 4 is 5.91 Å². The van der Waals surface area contributed by atoms with Gasteiger partial charge in [0.1, 0.15) is 12.1 Å². The van der Waals surface area contributed by atoms with Gasteiger partial charge in [0.25, 0.3) is 5.91 Å². The number of hydrogen-bond donors (Lipinski definition) is 1. The lowest BCUT2D eigenvalue weighted by atomic mass is 9.76. The van der Waals surface area contributed by atoms with E-state index < -0.39 is 0 Å². The van der Waals surface area contributed by atoms with Crippen molar-refractivity contribution in [2.24, 2.45) is 5.41 Å². The number of nitrogens with zero attached hydrogens (tertiary/aromatic N) is 4. The number of aromatic nitrogens is 4. The van der Waals surface area contributed by atoms with Gasteiger partial charge in [-0.25, -0.2) is 9.97 Å². The van der Waals surface area contributed by atoms with E-state index in [9.17, 15) is 4.79 Å². The first-order valence-electron chi connectivity index (χ1n) is 8.69. The van der Waals surface area contributed by atoms with Crippen LogP contribution in [0.4, 0.5) is 0 Å². The third kappa shape index (κ3) is 2.42. The standard InChI is InChI=1S/C17H23N5O2/c1-11(2)14-19-15(21-20-14)12-7-22(9-17(12)5-3-4-6-17)16(23)13-8-24-10-18-13/h8,10-12H,3-7,9H2,1-2H3,(H,19,20,21). The number of carbonyl (C=O) groups excluding carboxylic acids is 1. The van der Waals surface area contributed by atoms with Crippen molar-refractivity contribution in [1.29, 1.82) is 0 Å². The maximum absolute atomic E-state index is 12.7. The number of likely N-dealkylation sites (tertiary alicyclic amines) is 1. The number of nitrogens with one attached hydrogen (secondary N) is 1. The Morgan fingerprint density at radius 3 is 2.83 bits per heavy atom. The van der Waals surface area contributed by atoms with E-state index in [0.717, 1.165) is 31.0 Å². The molecular formula is C17H23N5O2. The predicted octanol–water partition coefficient (Wildman–Crippen LogP) is 2.72. The highest BCUT2D eigenvalue weighted by Gasteiger charge is 2.51. The van der Waals surface area contributed by atoms with Crippen LogP contribution in [0.1, 0.15) is 73.5 Å². The van der Waals surface area contributed by atoms with Gasteiger partial charge in [-0.3, -0.25) is 9.89 Å². The van der Waals surface area contributed by atoms with Gasteiger partial charge >= 0.3 is 0 Å². The zero-order valence-electron chi connectivity index (χ0n) is 14.2. The molecule has 0 bridgehead atoms. The van der Waals surface area contributed by atoms with Gasteiger partial charge in [0, 0.05) is 24.9 Å². The summed E-state index contributed by atoms with van der Waals surface area (Å²) in [5.74, 6) is 2.23. The summed E-state index contributed by atoms with van der Waals surface area (Å²) >= 11 is 0. The average molecular weight is 329 g/mol. The Bertz CT molecular complexity index is 715. The molecule has 1 amide bonds. The number of oxazole rings is 1. The molecule has 0 aromatic carbocycles. The lowest BCUT2D eigenvalue weighted by Gasteiger charge is -2.28. The van der Waals surface area contributed by atoms with E-state index in [1.165, 1.54) is 25.5 Å². The topological polar surface area (TPSA) is 87.9 Å². The molecule has 2 aliphatic rings. The second-order valence-electron chi connectivity index (χ2n) is 7.41. The minimum Gasteiger partial charge on any atom is -0.451 e. The van der Waals surface area contributed by atoms with Crippen molar-refractivity contribution in [3.05, 3.63) is 30.0 Å². The molecule has 7 nitrogen and oxygen atoms in total. The van der Waals surface area contributed by atoms with E-state index in [2.05, 4.69) is 29.0 Å². The number of carbonyl (C=O) groups is 1. The van der Waals surface area contributed by atoms with Gasteiger partial charge in [-0.15, -0.1) is 0 Å². The lowest BCUT2D eigenvalue weighted by Crippen LogP contribution is -2.31. The van der Waals surface area contributed by atoms with Crippen LogP contribution in [-0.4, -0.2) is 44.1 Å². The molecule has 1 spiro atoms. The van der Waals surface area contributed by atoms with Crippen molar-refractivity contribution in [2.75, 3.05) is 13.1 Å². The van der Waals surface area contributed by atoms with Gasteiger partial charge in [0.05, 0.1) is 0 Å². The zero-order valence-corrected chi connectivity index (χ0v) is 14.2. The van der Waals surface area contributed by atoms with Gasteiger partial charge in [-0.2, -0.15) is 5.10 Å². The third-order valence-corrected chi connectivity index (χ3v) is 5.55. The molecule has 1 saturated heterocycles. The smallest absolute Gasteiger partial charge is 0.275 e.